The molecule has 2 aliphatic heterocycles. The zero-order chi connectivity index (χ0) is 19.1. The van der Waals surface area contributed by atoms with Crippen LogP contribution in [0.3, 0.4) is 0 Å². The molecule has 2 aromatic rings. The molecule has 28 heavy (non-hydrogen) atoms. The van der Waals surface area contributed by atoms with Gasteiger partial charge >= 0.3 is 0 Å². The van der Waals surface area contributed by atoms with Crippen molar-refractivity contribution in [1.82, 2.24) is 9.55 Å². The van der Waals surface area contributed by atoms with Gasteiger partial charge in [0.2, 0.25) is 11.9 Å². The van der Waals surface area contributed by atoms with Crippen molar-refractivity contribution in [2.24, 2.45) is 11.7 Å². The van der Waals surface area contributed by atoms with Crippen molar-refractivity contribution < 1.29 is 14.3 Å². The molecule has 2 atom stereocenters. The number of rotatable bonds is 5. The second-order valence-electron chi connectivity index (χ2n) is 7.98. The molecule has 5 rings (SSSR count). The van der Waals surface area contributed by atoms with Crippen molar-refractivity contribution in [1.29, 1.82) is 0 Å². The summed E-state index contributed by atoms with van der Waals surface area (Å²) in [5.74, 6) is 2.00. The predicted molar refractivity (Wildman–Crippen MR) is 107 cm³/mol. The second kappa shape index (κ2) is 7.16. The normalized spacial score (nSPS) is 24.4. The lowest BCUT2D eigenvalue weighted by atomic mass is 10.2. The van der Waals surface area contributed by atoms with Crippen molar-refractivity contribution in [3.63, 3.8) is 0 Å². The van der Waals surface area contributed by atoms with Gasteiger partial charge in [-0.15, -0.1) is 0 Å². The average Bonchev–Trinajstić information content (AvgIpc) is 3.38. The van der Waals surface area contributed by atoms with Crippen LogP contribution in [0, 0.1) is 5.92 Å². The summed E-state index contributed by atoms with van der Waals surface area (Å²) in [4.78, 5) is 18.5. The molecule has 1 aromatic heterocycles. The molecule has 150 valence electrons. The molecule has 2 fully saturated rings. The smallest absolute Gasteiger partial charge is 0.217 e. The Balaban J connectivity index is 1.46. The number of primary amides is 1. The Hall–Kier alpha value is -2.48. The average molecular weight is 385 g/mol. The van der Waals surface area contributed by atoms with Crippen molar-refractivity contribution in [3.8, 4) is 5.75 Å². The first-order valence-electron chi connectivity index (χ1n) is 10.2. The number of nitrogens with two attached hydrogens (primary N) is 1. The van der Waals surface area contributed by atoms with E-state index < -0.39 is 0 Å². The topological polar surface area (TPSA) is 94.6 Å². The summed E-state index contributed by atoms with van der Waals surface area (Å²) in [5, 5.41) is 3.53. The maximum absolute atomic E-state index is 11.1. The highest BCUT2D eigenvalue weighted by atomic mass is 16.5. The van der Waals surface area contributed by atoms with Crippen LogP contribution in [0.1, 0.15) is 25.7 Å². The first-order valence-corrected chi connectivity index (χ1v) is 10.2. The first kappa shape index (κ1) is 17.6. The highest BCUT2D eigenvalue weighted by Crippen LogP contribution is 2.40. The van der Waals surface area contributed by atoms with Crippen LogP contribution in [0.25, 0.3) is 11.0 Å². The van der Waals surface area contributed by atoms with Gasteiger partial charge in [-0.25, -0.2) is 4.98 Å². The number of nitrogens with one attached hydrogen (secondary N) is 1. The summed E-state index contributed by atoms with van der Waals surface area (Å²) in [6.07, 6.45) is 3.40. The summed E-state index contributed by atoms with van der Waals surface area (Å²) in [6.45, 7) is 4.99. The molecule has 1 saturated heterocycles. The van der Waals surface area contributed by atoms with E-state index in [0.29, 0.717) is 25.0 Å². The SMILES string of the molecule is NC(=O)C[C@@H]1CC1Nc1cc2c3c(c1)nc(N1CCCOCC1)n3CCCO2. The number of amides is 1. The predicted octanol–water partition coefficient (Wildman–Crippen LogP) is 1.72. The minimum atomic E-state index is -0.232. The van der Waals surface area contributed by atoms with Gasteiger partial charge in [0.05, 0.1) is 18.7 Å². The summed E-state index contributed by atoms with van der Waals surface area (Å²) in [6, 6.07) is 4.47. The number of hydrogen-bond donors (Lipinski definition) is 2. The van der Waals surface area contributed by atoms with Gasteiger partial charge in [0, 0.05) is 50.5 Å². The minimum Gasteiger partial charge on any atom is -0.491 e. The molecular weight excluding hydrogens is 358 g/mol. The fourth-order valence-electron chi connectivity index (χ4n) is 4.34. The number of aromatic nitrogens is 2. The third-order valence-electron chi connectivity index (χ3n) is 5.81. The van der Waals surface area contributed by atoms with Crippen LogP contribution in [-0.4, -0.2) is 54.4 Å². The van der Waals surface area contributed by atoms with E-state index in [2.05, 4.69) is 26.9 Å². The first-order chi connectivity index (χ1) is 13.7. The molecule has 3 aliphatic rings. The van der Waals surface area contributed by atoms with Crippen LogP contribution in [0.4, 0.5) is 11.6 Å². The van der Waals surface area contributed by atoms with Gasteiger partial charge in [0.15, 0.2) is 0 Å². The molecule has 0 bridgehead atoms. The van der Waals surface area contributed by atoms with E-state index in [4.69, 9.17) is 20.2 Å². The fraction of sp³-hybridized carbons (Fsp3) is 0.600. The van der Waals surface area contributed by atoms with Crippen molar-refractivity contribution in [3.05, 3.63) is 12.1 Å². The fourth-order valence-corrected chi connectivity index (χ4v) is 4.34. The van der Waals surface area contributed by atoms with E-state index in [9.17, 15) is 4.79 Å². The van der Waals surface area contributed by atoms with Crippen LogP contribution in [-0.2, 0) is 16.1 Å². The van der Waals surface area contributed by atoms with Gasteiger partial charge < -0.3 is 30.0 Å². The zero-order valence-electron chi connectivity index (χ0n) is 16.0. The third-order valence-corrected chi connectivity index (χ3v) is 5.81. The summed E-state index contributed by atoms with van der Waals surface area (Å²) >= 11 is 0. The molecule has 1 unspecified atom stereocenters. The van der Waals surface area contributed by atoms with Crippen molar-refractivity contribution >= 4 is 28.6 Å². The molecule has 3 heterocycles. The Bertz CT molecular complexity index is 888. The lowest BCUT2D eigenvalue weighted by molar-refractivity contribution is -0.118. The number of carbonyl (C=O) groups excluding carboxylic acids is 1. The Labute approximate surface area is 164 Å². The molecule has 8 heteroatoms. The number of imidazole rings is 1. The lowest BCUT2D eigenvalue weighted by Gasteiger charge is -2.21. The van der Waals surface area contributed by atoms with Gasteiger partial charge in [0.1, 0.15) is 11.3 Å². The van der Waals surface area contributed by atoms with Gasteiger partial charge in [0.25, 0.3) is 0 Å². The Morgan fingerprint density at radius 2 is 2.11 bits per heavy atom. The Morgan fingerprint density at radius 3 is 3.00 bits per heavy atom. The highest BCUT2D eigenvalue weighted by molar-refractivity contribution is 5.89. The van der Waals surface area contributed by atoms with Gasteiger partial charge in [-0.3, -0.25) is 4.79 Å². The van der Waals surface area contributed by atoms with Crippen LogP contribution < -0.4 is 20.7 Å². The largest absolute Gasteiger partial charge is 0.491 e. The Kier molecular flexibility index (Phi) is 4.50. The van der Waals surface area contributed by atoms with E-state index in [1.807, 2.05) is 0 Å². The van der Waals surface area contributed by atoms with Crippen LogP contribution in [0.5, 0.6) is 5.75 Å². The molecule has 1 aromatic carbocycles. The molecular formula is C20H27N5O3. The van der Waals surface area contributed by atoms with Crippen LogP contribution >= 0.6 is 0 Å². The minimum absolute atomic E-state index is 0.232. The Morgan fingerprint density at radius 1 is 1.21 bits per heavy atom. The van der Waals surface area contributed by atoms with Gasteiger partial charge in [-0.05, 0) is 31.2 Å². The number of ether oxygens (including phenoxy) is 2. The summed E-state index contributed by atoms with van der Waals surface area (Å²) in [7, 11) is 0. The number of carbonyl (C=O) groups is 1. The van der Waals surface area contributed by atoms with Gasteiger partial charge in [-0.2, -0.15) is 0 Å². The van der Waals surface area contributed by atoms with Crippen LogP contribution in [0.15, 0.2) is 12.1 Å². The quantitative estimate of drug-likeness (QED) is 0.814. The second-order valence-corrected chi connectivity index (χ2v) is 7.98. The van der Waals surface area contributed by atoms with E-state index in [-0.39, 0.29) is 5.91 Å². The van der Waals surface area contributed by atoms with E-state index in [0.717, 1.165) is 80.5 Å². The lowest BCUT2D eigenvalue weighted by Crippen LogP contribution is -2.29. The van der Waals surface area contributed by atoms with E-state index >= 15 is 0 Å². The van der Waals surface area contributed by atoms with Crippen LogP contribution in [0.2, 0.25) is 0 Å². The standard InChI is InChI=1S/C20H27N5O3/c21-18(26)10-13-9-15(13)22-14-11-16-19-17(12-14)28-7-2-4-25(19)20(23-16)24-3-1-6-27-8-5-24/h11-13,15,22H,1-10H2,(H2,21,26)/t13-,15?/m0/s1. The number of benzene rings is 1. The number of hydrogen-bond acceptors (Lipinski definition) is 6. The molecule has 8 nitrogen and oxygen atoms in total. The van der Waals surface area contributed by atoms with E-state index in [1.54, 1.807) is 0 Å². The molecule has 0 spiro atoms. The zero-order valence-corrected chi connectivity index (χ0v) is 16.0. The van der Waals surface area contributed by atoms with Gasteiger partial charge in [-0.1, -0.05) is 0 Å². The molecule has 1 saturated carbocycles. The summed E-state index contributed by atoms with van der Waals surface area (Å²) in [5.41, 5.74) is 8.35. The summed E-state index contributed by atoms with van der Waals surface area (Å²) < 4.78 is 14.0. The molecule has 1 amide bonds. The molecule has 0 radical (unpaired) electrons. The number of nitrogens with zero attached hydrogens (tertiary/aromatic N) is 3. The third kappa shape index (κ3) is 3.37. The highest BCUT2D eigenvalue weighted by Gasteiger charge is 2.38. The maximum Gasteiger partial charge on any atom is 0.217 e. The number of aryl methyl sites for hydroxylation is 1. The van der Waals surface area contributed by atoms with Crippen molar-refractivity contribution in [2.45, 2.75) is 38.3 Å². The number of anilines is 2. The monoisotopic (exact) mass is 385 g/mol. The molecule has 1 aliphatic carbocycles. The molecule has 3 N–H and O–H groups in total. The maximum atomic E-state index is 11.1. The van der Waals surface area contributed by atoms with Crippen molar-refractivity contribution in [2.75, 3.05) is 43.1 Å². The van der Waals surface area contributed by atoms with E-state index in [1.165, 1.54) is 0 Å².